The summed E-state index contributed by atoms with van der Waals surface area (Å²) in [6, 6.07) is 8.47. The Morgan fingerprint density at radius 3 is 2.00 bits per heavy atom. The quantitative estimate of drug-likeness (QED) is 0.762. The van der Waals surface area contributed by atoms with Gasteiger partial charge in [-0.15, -0.1) is 11.6 Å². The third kappa shape index (κ3) is 4.24. The number of carbonyl (C=O) groups excluding carboxylic acids is 1. The van der Waals surface area contributed by atoms with Gasteiger partial charge in [-0.2, -0.15) is 0 Å². The maximum Gasteiger partial charge on any atom is 0.229 e. The molecule has 0 atom stereocenters. The number of hydrogen-bond donors (Lipinski definition) is 0. The Morgan fingerprint density at radius 2 is 1.60 bits per heavy atom. The fraction of sp³-hybridized carbons (Fsp3) is 0.588. The summed E-state index contributed by atoms with van der Waals surface area (Å²) in [5, 5.41) is 0. The Bertz CT molecular complexity index is 457. The highest BCUT2D eigenvalue weighted by Crippen LogP contribution is 2.24. The van der Waals surface area contributed by atoms with Gasteiger partial charge in [-0.05, 0) is 30.4 Å². The van der Waals surface area contributed by atoms with Crippen molar-refractivity contribution in [2.45, 2.75) is 46.6 Å². The van der Waals surface area contributed by atoms with Crippen molar-refractivity contribution in [2.24, 2.45) is 5.41 Å². The molecule has 1 aromatic carbocycles. The lowest BCUT2D eigenvalue weighted by atomic mass is 9.86. The predicted molar refractivity (Wildman–Crippen MR) is 86.1 cm³/mol. The SMILES string of the molecule is CN(Cc1ccc(C(C)(C)C)cc1)C(=O)C(C)(C)CCl. The number of nitrogens with zero attached hydrogens (tertiary/aromatic N) is 1. The molecule has 1 aromatic rings. The standard InChI is InChI=1S/C17H26ClNO/c1-16(2,3)14-9-7-13(8-10-14)11-19(6)15(20)17(4,5)12-18/h7-10H,11-12H2,1-6H3. The number of hydrogen-bond acceptors (Lipinski definition) is 1. The molecular formula is C17H26ClNO. The molecule has 0 aliphatic rings. The molecule has 112 valence electrons. The Balaban J connectivity index is 2.77. The number of alkyl halides is 1. The molecule has 0 aliphatic carbocycles. The zero-order valence-electron chi connectivity index (χ0n) is 13.5. The highest BCUT2D eigenvalue weighted by atomic mass is 35.5. The minimum Gasteiger partial charge on any atom is -0.341 e. The van der Waals surface area contributed by atoms with Crippen LogP contribution in [0.2, 0.25) is 0 Å². The Labute approximate surface area is 128 Å². The first-order valence-electron chi connectivity index (χ1n) is 6.99. The Hall–Kier alpha value is -1.02. The zero-order chi connectivity index (χ0) is 15.6. The van der Waals surface area contributed by atoms with E-state index in [1.165, 1.54) is 5.56 Å². The molecule has 3 heteroatoms. The van der Waals surface area contributed by atoms with Crippen LogP contribution in [-0.2, 0) is 16.8 Å². The molecule has 0 unspecified atom stereocenters. The second kappa shape index (κ2) is 6.17. The van der Waals surface area contributed by atoms with Gasteiger partial charge in [-0.3, -0.25) is 4.79 Å². The maximum atomic E-state index is 12.3. The summed E-state index contributed by atoms with van der Waals surface area (Å²) in [6.07, 6.45) is 0. The van der Waals surface area contributed by atoms with Gasteiger partial charge >= 0.3 is 0 Å². The first-order valence-corrected chi connectivity index (χ1v) is 7.52. The fourth-order valence-corrected chi connectivity index (χ4v) is 2.14. The normalized spacial score (nSPS) is 12.3. The Kier molecular flexibility index (Phi) is 5.26. The van der Waals surface area contributed by atoms with E-state index in [1.807, 2.05) is 20.9 Å². The number of carbonyl (C=O) groups is 1. The number of halogens is 1. The largest absolute Gasteiger partial charge is 0.341 e. The molecule has 0 aliphatic heterocycles. The molecule has 0 aromatic heterocycles. The average molecular weight is 296 g/mol. The molecule has 0 fully saturated rings. The second-order valence-electron chi connectivity index (χ2n) is 7.13. The van der Waals surface area contributed by atoms with E-state index in [1.54, 1.807) is 4.90 Å². The van der Waals surface area contributed by atoms with Crippen LogP contribution in [0.3, 0.4) is 0 Å². The van der Waals surface area contributed by atoms with Crippen molar-refractivity contribution in [3.05, 3.63) is 35.4 Å². The topological polar surface area (TPSA) is 20.3 Å². The van der Waals surface area contributed by atoms with Crippen LogP contribution in [0.25, 0.3) is 0 Å². The van der Waals surface area contributed by atoms with Gasteiger partial charge in [0.05, 0.1) is 5.41 Å². The van der Waals surface area contributed by atoms with Crippen molar-refractivity contribution in [2.75, 3.05) is 12.9 Å². The molecule has 0 saturated heterocycles. The van der Waals surface area contributed by atoms with Gasteiger partial charge in [-0.1, -0.05) is 45.0 Å². The van der Waals surface area contributed by atoms with Crippen LogP contribution < -0.4 is 0 Å². The van der Waals surface area contributed by atoms with Crippen LogP contribution >= 0.6 is 11.6 Å². The van der Waals surface area contributed by atoms with Crippen molar-refractivity contribution in [1.29, 1.82) is 0 Å². The maximum absolute atomic E-state index is 12.3. The highest BCUT2D eigenvalue weighted by Gasteiger charge is 2.29. The lowest BCUT2D eigenvalue weighted by molar-refractivity contribution is -0.138. The number of benzene rings is 1. The van der Waals surface area contributed by atoms with Crippen molar-refractivity contribution in [3.8, 4) is 0 Å². The van der Waals surface area contributed by atoms with Gasteiger partial charge in [0.2, 0.25) is 5.91 Å². The van der Waals surface area contributed by atoms with E-state index in [0.717, 1.165) is 5.56 Å². The summed E-state index contributed by atoms with van der Waals surface area (Å²) >= 11 is 5.86. The molecule has 20 heavy (non-hydrogen) atoms. The zero-order valence-corrected chi connectivity index (χ0v) is 14.2. The lowest BCUT2D eigenvalue weighted by Crippen LogP contribution is -2.39. The summed E-state index contributed by atoms with van der Waals surface area (Å²) in [6.45, 7) is 11.0. The van der Waals surface area contributed by atoms with Crippen molar-refractivity contribution in [3.63, 3.8) is 0 Å². The number of rotatable bonds is 4. The van der Waals surface area contributed by atoms with Gasteiger partial charge in [0, 0.05) is 19.5 Å². The van der Waals surface area contributed by atoms with E-state index in [4.69, 9.17) is 11.6 Å². The average Bonchev–Trinajstić information content (AvgIpc) is 2.37. The summed E-state index contributed by atoms with van der Waals surface area (Å²) in [7, 11) is 1.83. The van der Waals surface area contributed by atoms with E-state index < -0.39 is 5.41 Å². The summed E-state index contributed by atoms with van der Waals surface area (Å²) in [5.74, 6) is 0.409. The van der Waals surface area contributed by atoms with Crippen LogP contribution in [0.15, 0.2) is 24.3 Å². The van der Waals surface area contributed by atoms with Gasteiger partial charge in [-0.25, -0.2) is 0 Å². The van der Waals surface area contributed by atoms with E-state index in [2.05, 4.69) is 45.0 Å². The van der Waals surface area contributed by atoms with Crippen molar-refractivity contribution >= 4 is 17.5 Å². The molecule has 0 saturated carbocycles. The predicted octanol–water partition coefficient (Wildman–Crippen LogP) is 4.21. The molecular weight excluding hydrogens is 270 g/mol. The van der Waals surface area contributed by atoms with Crippen LogP contribution in [0.1, 0.15) is 45.7 Å². The van der Waals surface area contributed by atoms with Crippen molar-refractivity contribution in [1.82, 2.24) is 4.90 Å². The molecule has 1 rings (SSSR count). The third-order valence-electron chi connectivity index (χ3n) is 3.50. The summed E-state index contributed by atoms with van der Waals surface area (Å²) in [4.78, 5) is 14.0. The Morgan fingerprint density at radius 1 is 1.10 bits per heavy atom. The third-order valence-corrected chi connectivity index (χ3v) is 4.17. The first kappa shape index (κ1) is 17.0. The monoisotopic (exact) mass is 295 g/mol. The molecule has 0 heterocycles. The number of amides is 1. The minimum absolute atomic E-state index is 0.0763. The van der Waals surface area contributed by atoms with E-state index >= 15 is 0 Å². The van der Waals surface area contributed by atoms with Crippen LogP contribution in [0.4, 0.5) is 0 Å². The summed E-state index contributed by atoms with van der Waals surface area (Å²) in [5.41, 5.74) is 2.08. The van der Waals surface area contributed by atoms with Crippen LogP contribution in [0, 0.1) is 5.41 Å². The van der Waals surface area contributed by atoms with Gasteiger partial charge in [0.1, 0.15) is 0 Å². The molecule has 0 N–H and O–H groups in total. The molecule has 0 spiro atoms. The fourth-order valence-electron chi connectivity index (χ4n) is 2.03. The molecule has 0 radical (unpaired) electrons. The van der Waals surface area contributed by atoms with Gasteiger partial charge < -0.3 is 4.90 Å². The van der Waals surface area contributed by atoms with Gasteiger partial charge in [0.25, 0.3) is 0 Å². The van der Waals surface area contributed by atoms with Crippen molar-refractivity contribution < 1.29 is 4.79 Å². The van der Waals surface area contributed by atoms with E-state index in [-0.39, 0.29) is 11.3 Å². The van der Waals surface area contributed by atoms with Crippen LogP contribution in [-0.4, -0.2) is 23.7 Å². The van der Waals surface area contributed by atoms with Gasteiger partial charge in [0.15, 0.2) is 0 Å². The lowest BCUT2D eigenvalue weighted by Gasteiger charge is -2.28. The minimum atomic E-state index is -0.512. The van der Waals surface area contributed by atoms with E-state index in [0.29, 0.717) is 12.4 Å². The summed E-state index contributed by atoms with van der Waals surface area (Å²) < 4.78 is 0. The van der Waals surface area contributed by atoms with E-state index in [9.17, 15) is 4.79 Å². The smallest absolute Gasteiger partial charge is 0.229 e. The molecule has 1 amide bonds. The second-order valence-corrected chi connectivity index (χ2v) is 7.39. The highest BCUT2D eigenvalue weighted by molar-refractivity contribution is 6.19. The molecule has 0 bridgehead atoms. The van der Waals surface area contributed by atoms with Crippen LogP contribution in [0.5, 0.6) is 0 Å². The molecule has 2 nitrogen and oxygen atoms in total. The first-order chi connectivity index (χ1) is 9.08.